The number of fused-ring (bicyclic) bond motifs is 1. The van der Waals surface area contributed by atoms with Crippen LogP contribution in [0.5, 0.6) is 0 Å². The fourth-order valence-electron chi connectivity index (χ4n) is 2.27. The summed E-state index contributed by atoms with van der Waals surface area (Å²) in [5, 5.41) is 3.74. The van der Waals surface area contributed by atoms with Crippen molar-refractivity contribution in [2.75, 3.05) is 0 Å². The zero-order chi connectivity index (χ0) is 10.2. The minimum absolute atomic E-state index is 0.0822. The summed E-state index contributed by atoms with van der Waals surface area (Å²) in [5.74, 6) is -0.472. The van der Waals surface area contributed by atoms with E-state index >= 15 is 0 Å². The summed E-state index contributed by atoms with van der Waals surface area (Å²) in [6, 6.07) is 0.0822. The number of ether oxygens (including phenoxy) is 2. The fraction of sp³-hybridized carbons (Fsp3) is 1.00. The lowest BCUT2D eigenvalue weighted by Crippen LogP contribution is -2.32. The molecule has 0 aromatic heterocycles. The molecular formula is C9H15N3O2. The molecule has 5 nitrogen and oxygen atoms in total. The van der Waals surface area contributed by atoms with Crippen LogP contribution in [-0.2, 0) is 9.47 Å². The summed E-state index contributed by atoms with van der Waals surface area (Å²) in [4.78, 5) is 2.84. The van der Waals surface area contributed by atoms with Gasteiger partial charge in [-0.1, -0.05) is 5.11 Å². The third-order valence-corrected chi connectivity index (χ3v) is 2.79. The van der Waals surface area contributed by atoms with Crippen LogP contribution in [-0.4, -0.2) is 24.0 Å². The first-order valence-corrected chi connectivity index (χ1v) is 5.00. The first kappa shape index (κ1) is 9.77. The molecule has 0 bridgehead atoms. The molecule has 0 amide bonds. The molecule has 0 aromatic carbocycles. The third-order valence-electron chi connectivity index (χ3n) is 2.79. The minimum Gasteiger partial charge on any atom is -0.345 e. The molecule has 1 saturated carbocycles. The predicted molar refractivity (Wildman–Crippen MR) is 50.6 cm³/mol. The van der Waals surface area contributed by atoms with E-state index in [-0.39, 0.29) is 18.2 Å². The smallest absolute Gasteiger partial charge is 0.163 e. The van der Waals surface area contributed by atoms with Gasteiger partial charge in [0.05, 0.1) is 12.2 Å². The monoisotopic (exact) mass is 197 g/mol. The van der Waals surface area contributed by atoms with E-state index in [9.17, 15) is 0 Å². The molecule has 3 unspecified atom stereocenters. The summed E-state index contributed by atoms with van der Waals surface area (Å²) < 4.78 is 11.4. The van der Waals surface area contributed by atoms with Gasteiger partial charge in [-0.05, 0) is 38.6 Å². The largest absolute Gasteiger partial charge is 0.345 e. The quantitative estimate of drug-likeness (QED) is 0.368. The van der Waals surface area contributed by atoms with E-state index in [1.165, 1.54) is 0 Å². The number of hydrogen-bond donors (Lipinski definition) is 0. The van der Waals surface area contributed by atoms with Gasteiger partial charge in [-0.2, -0.15) is 0 Å². The molecule has 5 heteroatoms. The Morgan fingerprint density at radius 2 is 2.00 bits per heavy atom. The Morgan fingerprint density at radius 1 is 1.29 bits per heavy atom. The van der Waals surface area contributed by atoms with Crippen molar-refractivity contribution in [1.29, 1.82) is 0 Å². The van der Waals surface area contributed by atoms with Crippen molar-refractivity contribution in [2.24, 2.45) is 5.11 Å². The van der Waals surface area contributed by atoms with E-state index < -0.39 is 5.79 Å². The van der Waals surface area contributed by atoms with Gasteiger partial charge in [0.25, 0.3) is 0 Å². The Morgan fingerprint density at radius 3 is 2.71 bits per heavy atom. The molecule has 3 atom stereocenters. The maximum Gasteiger partial charge on any atom is 0.163 e. The summed E-state index contributed by atoms with van der Waals surface area (Å²) in [5.41, 5.74) is 8.35. The highest BCUT2D eigenvalue weighted by Gasteiger charge is 2.44. The fourth-order valence-corrected chi connectivity index (χ4v) is 2.27. The van der Waals surface area contributed by atoms with Gasteiger partial charge in [-0.25, -0.2) is 0 Å². The van der Waals surface area contributed by atoms with Gasteiger partial charge in [0.2, 0.25) is 0 Å². The number of hydrogen-bond acceptors (Lipinski definition) is 3. The standard InChI is InChI=1S/C9H15N3O2/c1-9(2)13-7-4-3-6(11-12-10)5-8(7)14-9/h6-8H,3-5H2,1-2H3. The van der Waals surface area contributed by atoms with Gasteiger partial charge in [-0.3, -0.25) is 0 Å². The van der Waals surface area contributed by atoms with E-state index in [4.69, 9.17) is 15.0 Å². The molecule has 2 aliphatic rings. The normalized spacial score (nSPS) is 40.0. The first-order valence-electron chi connectivity index (χ1n) is 5.00. The summed E-state index contributed by atoms with van der Waals surface area (Å²) in [6.07, 6.45) is 2.92. The molecule has 1 aliphatic heterocycles. The summed E-state index contributed by atoms with van der Waals surface area (Å²) >= 11 is 0. The summed E-state index contributed by atoms with van der Waals surface area (Å²) in [6.45, 7) is 3.85. The molecule has 1 saturated heterocycles. The molecule has 0 N–H and O–H groups in total. The Balaban J connectivity index is 2.01. The van der Waals surface area contributed by atoms with Crippen molar-refractivity contribution in [3.63, 3.8) is 0 Å². The van der Waals surface area contributed by atoms with Crippen LogP contribution in [0, 0.1) is 0 Å². The molecule has 14 heavy (non-hydrogen) atoms. The van der Waals surface area contributed by atoms with Crippen LogP contribution in [0.15, 0.2) is 5.11 Å². The van der Waals surface area contributed by atoms with E-state index in [0.717, 1.165) is 19.3 Å². The first-order chi connectivity index (χ1) is 6.61. The molecule has 0 aromatic rings. The Labute approximate surface area is 83.0 Å². The van der Waals surface area contributed by atoms with Gasteiger partial charge in [0.15, 0.2) is 5.79 Å². The highest BCUT2D eigenvalue weighted by Crippen LogP contribution is 2.37. The highest BCUT2D eigenvalue weighted by atomic mass is 16.7. The Bertz CT molecular complexity index is 273. The average Bonchev–Trinajstić information content (AvgIpc) is 2.38. The zero-order valence-corrected chi connectivity index (χ0v) is 8.51. The van der Waals surface area contributed by atoms with Crippen LogP contribution in [0.2, 0.25) is 0 Å². The van der Waals surface area contributed by atoms with E-state index in [0.29, 0.717) is 0 Å². The molecule has 0 spiro atoms. The molecule has 0 radical (unpaired) electrons. The van der Waals surface area contributed by atoms with Crippen LogP contribution >= 0.6 is 0 Å². The SMILES string of the molecule is CC1(C)OC2CCC(N=[N+]=[N-])CC2O1. The molecular weight excluding hydrogens is 182 g/mol. The zero-order valence-electron chi connectivity index (χ0n) is 8.51. The van der Waals surface area contributed by atoms with Crippen molar-refractivity contribution >= 4 is 0 Å². The molecule has 2 fully saturated rings. The molecule has 2 rings (SSSR count). The van der Waals surface area contributed by atoms with Crippen LogP contribution in [0.4, 0.5) is 0 Å². The number of rotatable bonds is 1. The maximum absolute atomic E-state index is 8.35. The second kappa shape index (κ2) is 3.42. The van der Waals surface area contributed by atoms with Crippen LogP contribution in [0.25, 0.3) is 10.4 Å². The Hall–Kier alpha value is -0.770. The Kier molecular flexibility index (Phi) is 2.39. The predicted octanol–water partition coefficient (Wildman–Crippen LogP) is 2.37. The topological polar surface area (TPSA) is 67.2 Å². The van der Waals surface area contributed by atoms with Gasteiger partial charge in [-0.15, -0.1) is 0 Å². The highest BCUT2D eigenvalue weighted by molar-refractivity contribution is 4.90. The number of azide groups is 1. The van der Waals surface area contributed by atoms with Crippen molar-refractivity contribution in [2.45, 2.75) is 57.1 Å². The average molecular weight is 197 g/mol. The third kappa shape index (κ3) is 1.85. The van der Waals surface area contributed by atoms with Crippen molar-refractivity contribution in [3.8, 4) is 0 Å². The van der Waals surface area contributed by atoms with E-state index in [1.807, 2.05) is 13.8 Å². The lowest BCUT2D eigenvalue weighted by atomic mass is 9.91. The van der Waals surface area contributed by atoms with Crippen molar-refractivity contribution < 1.29 is 9.47 Å². The van der Waals surface area contributed by atoms with Crippen molar-refractivity contribution in [3.05, 3.63) is 10.4 Å². The van der Waals surface area contributed by atoms with Crippen LogP contribution in [0.3, 0.4) is 0 Å². The lowest BCUT2D eigenvalue weighted by Gasteiger charge is -2.26. The van der Waals surface area contributed by atoms with E-state index in [2.05, 4.69) is 10.0 Å². The van der Waals surface area contributed by atoms with Gasteiger partial charge >= 0.3 is 0 Å². The van der Waals surface area contributed by atoms with Gasteiger partial charge in [0, 0.05) is 11.0 Å². The molecule has 78 valence electrons. The molecule has 1 aliphatic carbocycles. The lowest BCUT2D eigenvalue weighted by molar-refractivity contribution is -0.145. The second-order valence-corrected chi connectivity index (χ2v) is 4.38. The van der Waals surface area contributed by atoms with E-state index in [1.54, 1.807) is 0 Å². The number of nitrogens with zero attached hydrogens (tertiary/aromatic N) is 3. The van der Waals surface area contributed by atoms with Gasteiger partial charge in [0.1, 0.15) is 0 Å². The van der Waals surface area contributed by atoms with Crippen LogP contribution < -0.4 is 0 Å². The van der Waals surface area contributed by atoms with Crippen molar-refractivity contribution in [1.82, 2.24) is 0 Å². The molecule has 1 heterocycles. The van der Waals surface area contributed by atoms with Crippen LogP contribution in [0.1, 0.15) is 33.1 Å². The maximum atomic E-state index is 8.35. The van der Waals surface area contributed by atoms with Gasteiger partial charge < -0.3 is 9.47 Å². The summed E-state index contributed by atoms with van der Waals surface area (Å²) in [7, 11) is 0. The minimum atomic E-state index is -0.472. The second-order valence-electron chi connectivity index (χ2n) is 4.38.